The molecule has 1 aliphatic heterocycles. The van der Waals surface area contributed by atoms with Crippen LogP contribution in [0.2, 0.25) is 5.02 Å². The first-order chi connectivity index (χ1) is 12.0. The molecular weight excluding hydrogens is 340 g/mol. The monoisotopic (exact) mass is 356 g/mol. The number of amides is 2. The standard InChI is InChI=1S/C19H17ClN2O3/c1-2-19(24)22-10-13-6-7-16(8-14(13)11-22)21-18(23)12-25-17-5-3-4-15(20)9-17/h2-9H,1,10-12H2,(H,21,23). The maximum atomic E-state index is 12.0. The van der Waals surface area contributed by atoms with Gasteiger partial charge in [-0.05, 0) is 47.5 Å². The van der Waals surface area contributed by atoms with Crippen LogP contribution in [0.1, 0.15) is 11.1 Å². The third-order valence-corrected chi connectivity index (χ3v) is 4.10. The Labute approximate surface area is 150 Å². The Balaban J connectivity index is 1.58. The molecule has 0 spiro atoms. The number of anilines is 1. The van der Waals surface area contributed by atoms with Gasteiger partial charge in [-0.15, -0.1) is 0 Å². The average Bonchev–Trinajstić information content (AvgIpc) is 3.02. The fourth-order valence-corrected chi connectivity index (χ4v) is 2.84. The first kappa shape index (κ1) is 17.0. The molecule has 5 nitrogen and oxygen atoms in total. The summed E-state index contributed by atoms with van der Waals surface area (Å²) in [6, 6.07) is 12.5. The predicted molar refractivity (Wildman–Crippen MR) is 96.5 cm³/mol. The number of nitrogens with one attached hydrogen (secondary N) is 1. The Morgan fingerprint density at radius 2 is 2.00 bits per heavy atom. The highest BCUT2D eigenvalue weighted by atomic mass is 35.5. The van der Waals surface area contributed by atoms with Crippen LogP contribution in [0.4, 0.5) is 5.69 Å². The molecular formula is C19H17ClN2O3. The van der Waals surface area contributed by atoms with E-state index in [1.165, 1.54) is 6.08 Å². The molecule has 6 heteroatoms. The Morgan fingerprint density at radius 3 is 2.76 bits per heavy atom. The van der Waals surface area contributed by atoms with Crippen molar-refractivity contribution in [1.82, 2.24) is 4.90 Å². The first-order valence-electron chi connectivity index (χ1n) is 7.76. The van der Waals surface area contributed by atoms with Crippen LogP contribution in [0.15, 0.2) is 55.1 Å². The predicted octanol–water partition coefficient (Wildman–Crippen LogP) is 3.39. The van der Waals surface area contributed by atoms with E-state index < -0.39 is 0 Å². The Morgan fingerprint density at radius 1 is 1.20 bits per heavy atom. The minimum atomic E-state index is -0.267. The van der Waals surface area contributed by atoms with Gasteiger partial charge in [-0.1, -0.05) is 30.3 Å². The number of hydrogen-bond donors (Lipinski definition) is 1. The number of carbonyl (C=O) groups excluding carboxylic acids is 2. The highest BCUT2D eigenvalue weighted by Gasteiger charge is 2.21. The molecule has 1 N–H and O–H groups in total. The van der Waals surface area contributed by atoms with E-state index in [1.807, 2.05) is 18.2 Å². The van der Waals surface area contributed by atoms with E-state index in [1.54, 1.807) is 29.2 Å². The number of nitrogens with zero attached hydrogens (tertiary/aromatic N) is 1. The molecule has 0 bridgehead atoms. The highest BCUT2D eigenvalue weighted by Crippen LogP contribution is 2.26. The largest absolute Gasteiger partial charge is 0.484 e. The average molecular weight is 357 g/mol. The van der Waals surface area contributed by atoms with Crippen molar-refractivity contribution in [2.75, 3.05) is 11.9 Å². The molecule has 0 atom stereocenters. The number of fused-ring (bicyclic) bond motifs is 1. The first-order valence-corrected chi connectivity index (χ1v) is 8.14. The summed E-state index contributed by atoms with van der Waals surface area (Å²) < 4.78 is 5.42. The van der Waals surface area contributed by atoms with E-state index in [9.17, 15) is 9.59 Å². The second-order valence-corrected chi connectivity index (χ2v) is 6.11. The topological polar surface area (TPSA) is 58.6 Å². The summed E-state index contributed by atoms with van der Waals surface area (Å²) in [5.74, 6) is 0.170. The van der Waals surface area contributed by atoms with Gasteiger partial charge in [-0.25, -0.2) is 0 Å². The van der Waals surface area contributed by atoms with E-state index in [4.69, 9.17) is 16.3 Å². The van der Waals surface area contributed by atoms with E-state index in [0.29, 0.717) is 29.5 Å². The maximum absolute atomic E-state index is 12.0. The van der Waals surface area contributed by atoms with Crippen LogP contribution in [-0.4, -0.2) is 23.3 Å². The van der Waals surface area contributed by atoms with Crippen LogP contribution in [0, 0.1) is 0 Å². The van der Waals surface area contributed by atoms with Gasteiger partial charge >= 0.3 is 0 Å². The van der Waals surface area contributed by atoms with Crippen molar-refractivity contribution in [3.63, 3.8) is 0 Å². The third kappa shape index (κ3) is 4.19. The molecule has 128 valence electrons. The summed E-state index contributed by atoms with van der Waals surface area (Å²) in [6.45, 7) is 4.47. The Kier molecular flexibility index (Phi) is 5.05. The minimum absolute atomic E-state index is 0.100. The van der Waals surface area contributed by atoms with Gasteiger partial charge < -0.3 is 15.0 Å². The van der Waals surface area contributed by atoms with Crippen molar-refractivity contribution in [2.45, 2.75) is 13.1 Å². The molecule has 2 aromatic carbocycles. The Hall–Kier alpha value is -2.79. The van der Waals surface area contributed by atoms with Crippen molar-refractivity contribution < 1.29 is 14.3 Å². The Bertz CT molecular complexity index is 835. The van der Waals surface area contributed by atoms with E-state index in [2.05, 4.69) is 11.9 Å². The van der Waals surface area contributed by atoms with E-state index in [-0.39, 0.29) is 18.4 Å². The van der Waals surface area contributed by atoms with Crippen LogP contribution >= 0.6 is 11.6 Å². The molecule has 0 saturated carbocycles. The quantitative estimate of drug-likeness (QED) is 0.835. The summed E-state index contributed by atoms with van der Waals surface area (Å²) in [5.41, 5.74) is 2.76. The van der Waals surface area contributed by atoms with Gasteiger partial charge in [0.25, 0.3) is 5.91 Å². The molecule has 3 rings (SSSR count). The number of halogens is 1. The van der Waals surface area contributed by atoms with Gasteiger partial charge in [0.15, 0.2) is 6.61 Å². The molecule has 25 heavy (non-hydrogen) atoms. The zero-order valence-electron chi connectivity index (χ0n) is 13.5. The molecule has 1 heterocycles. The third-order valence-electron chi connectivity index (χ3n) is 3.86. The number of rotatable bonds is 5. The number of benzene rings is 2. The fraction of sp³-hybridized carbons (Fsp3) is 0.158. The maximum Gasteiger partial charge on any atom is 0.262 e. The van der Waals surface area contributed by atoms with Crippen molar-refractivity contribution >= 4 is 29.1 Å². The van der Waals surface area contributed by atoms with Gasteiger partial charge in [0.2, 0.25) is 5.91 Å². The summed E-state index contributed by atoms with van der Waals surface area (Å²) in [4.78, 5) is 25.4. The normalized spacial score (nSPS) is 12.4. The van der Waals surface area contributed by atoms with E-state index in [0.717, 1.165) is 11.1 Å². The molecule has 0 unspecified atom stereocenters. The zero-order valence-corrected chi connectivity index (χ0v) is 14.3. The molecule has 0 fully saturated rings. The lowest BCUT2D eigenvalue weighted by atomic mass is 10.1. The van der Waals surface area contributed by atoms with Gasteiger partial charge in [0.05, 0.1) is 0 Å². The van der Waals surface area contributed by atoms with Gasteiger partial charge in [0, 0.05) is 23.8 Å². The van der Waals surface area contributed by atoms with Gasteiger partial charge in [0.1, 0.15) is 5.75 Å². The van der Waals surface area contributed by atoms with Crippen molar-refractivity contribution in [3.05, 3.63) is 71.3 Å². The summed E-state index contributed by atoms with van der Waals surface area (Å²) in [6.07, 6.45) is 1.31. The number of hydrogen-bond acceptors (Lipinski definition) is 3. The van der Waals surface area contributed by atoms with Crippen LogP contribution in [0.3, 0.4) is 0 Å². The van der Waals surface area contributed by atoms with Gasteiger partial charge in [-0.3, -0.25) is 9.59 Å². The molecule has 1 aliphatic rings. The molecule has 0 radical (unpaired) electrons. The summed E-state index contributed by atoms with van der Waals surface area (Å²) in [7, 11) is 0. The summed E-state index contributed by atoms with van der Waals surface area (Å²) in [5, 5.41) is 3.35. The van der Waals surface area contributed by atoms with Crippen molar-refractivity contribution in [3.8, 4) is 5.75 Å². The molecule has 0 saturated heterocycles. The van der Waals surface area contributed by atoms with E-state index >= 15 is 0 Å². The fourth-order valence-electron chi connectivity index (χ4n) is 2.66. The van der Waals surface area contributed by atoms with Gasteiger partial charge in [-0.2, -0.15) is 0 Å². The SMILES string of the molecule is C=CC(=O)N1Cc2ccc(NC(=O)COc3cccc(Cl)c3)cc2C1. The smallest absolute Gasteiger partial charge is 0.262 e. The molecule has 0 aliphatic carbocycles. The minimum Gasteiger partial charge on any atom is -0.484 e. The lowest BCUT2D eigenvalue weighted by Crippen LogP contribution is -2.22. The van der Waals surface area contributed by atoms with Crippen molar-refractivity contribution in [1.29, 1.82) is 0 Å². The number of ether oxygens (including phenoxy) is 1. The second-order valence-electron chi connectivity index (χ2n) is 5.68. The molecule has 2 aromatic rings. The second kappa shape index (κ2) is 7.40. The van der Waals surface area contributed by atoms with Crippen LogP contribution in [-0.2, 0) is 22.7 Å². The molecule has 0 aromatic heterocycles. The highest BCUT2D eigenvalue weighted by molar-refractivity contribution is 6.30. The van der Waals surface area contributed by atoms with Crippen LogP contribution < -0.4 is 10.1 Å². The van der Waals surface area contributed by atoms with Crippen LogP contribution in [0.5, 0.6) is 5.75 Å². The number of carbonyl (C=O) groups is 2. The molecule has 2 amide bonds. The zero-order chi connectivity index (χ0) is 17.8. The van der Waals surface area contributed by atoms with Crippen LogP contribution in [0.25, 0.3) is 0 Å². The van der Waals surface area contributed by atoms with Crippen molar-refractivity contribution in [2.24, 2.45) is 0 Å². The lowest BCUT2D eigenvalue weighted by molar-refractivity contribution is -0.126. The lowest BCUT2D eigenvalue weighted by Gasteiger charge is -2.11. The summed E-state index contributed by atoms with van der Waals surface area (Å²) >= 11 is 5.87.